The number of rotatable bonds is 4. The van der Waals surface area contributed by atoms with E-state index < -0.39 is 0 Å². The zero-order chi connectivity index (χ0) is 13.2. The van der Waals surface area contributed by atoms with Crippen molar-refractivity contribution in [2.75, 3.05) is 11.9 Å². The van der Waals surface area contributed by atoms with Crippen LogP contribution in [0.2, 0.25) is 0 Å². The quantitative estimate of drug-likeness (QED) is 0.677. The molecule has 8 heteroatoms. The van der Waals surface area contributed by atoms with Crippen LogP contribution in [0.4, 0.5) is 5.82 Å². The Morgan fingerprint density at radius 1 is 1.42 bits per heavy atom. The highest BCUT2D eigenvalue weighted by Gasteiger charge is 2.03. The lowest BCUT2D eigenvalue weighted by molar-refractivity contribution is 0.785. The van der Waals surface area contributed by atoms with Gasteiger partial charge in [-0.1, -0.05) is 0 Å². The lowest BCUT2D eigenvalue weighted by atomic mass is 10.4. The first-order valence-electron chi connectivity index (χ1n) is 5.88. The molecule has 0 saturated heterocycles. The Bertz CT molecular complexity index is 754. The maximum Gasteiger partial charge on any atom is 0.364 e. The summed E-state index contributed by atoms with van der Waals surface area (Å²) in [6.45, 7) is 0.690. The molecule has 98 valence electrons. The SMILES string of the molecule is Cn1ccnc1CCNc1ccc2n[nH]c(=O)n2n1. The van der Waals surface area contributed by atoms with E-state index >= 15 is 0 Å². The summed E-state index contributed by atoms with van der Waals surface area (Å²) in [4.78, 5) is 15.6. The fourth-order valence-corrected chi connectivity index (χ4v) is 1.84. The molecule has 0 amide bonds. The van der Waals surface area contributed by atoms with Crippen LogP contribution in [0, 0.1) is 0 Å². The molecule has 2 N–H and O–H groups in total. The fourth-order valence-electron chi connectivity index (χ4n) is 1.84. The molecule has 0 aromatic carbocycles. The number of imidazole rings is 1. The Kier molecular flexibility index (Phi) is 2.75. The van der Waals surface area contributed by atoms with Crippen molar-refractivity contribution in [3.8, 4) is 0 Å². The second-order valence-electron chi connectivity index (χ2n) is 4.15. The molecule has 0 aliphatic rings. The fraction of sp³-hybridized carbons (Fsp3) is 0.273. The van der Waals surface area contributed by atoms with E-state index in [1.807, 2.05) is 17.8 Å². The Morgan fingerprint density at radius 2 is 2.32 bits per heavy atom. The number of H-pyrrole nitrogens is 1. The van der Waals surface area contributed by atoms with Gasteiger partial charge in [-0.05, 0) is 12.1 Å². The number of fused-ring (bicyclic) bond motifs is 1. The van der Waals surface area contributed by atoms with Crippen molar-refractivity contribution in [1.82, 2.24) is 29.4 Å². The number of hydrogen-bond donors (Lipinski definition) is 2. The summed E-state index contributed by atoms with van der Waals surface area (Å²) in [5, 5.41) is 13.5. The molecule has 0 bridgehead atoms. The van der Waals surface area contributed by atoms with Gasteiger partial charge in [0.2, 0.25) is 0 Å². The molecule has 3 aromatic rings. The molecule has 0 unspecified atom stereocenters. The molecule has 0 saturated carbocycles. The summed E-state index contributed by atoms with van der Waals surface area (Å²) < 4.78 is 3.20. The first kappa shape index (κ1) is 11.5. The third-order valence-electron chi connectivity index (χ3n) is 2.85. The molecule has 3 heterocycles. The summed E-state index contributed by atoms with van der Waals surface area (Å²) in [6, 6.07) is 3.52. The van der Waals surface area contributed by atoms with E-state index in [0.29, 0.717) is 18.0 Å². The molecule has 0 aliphatic heterocycles. The van der Waals surface area contributed by atoms with Gasteiger partial charge >= 0.3 is 5.69 Å². The zero-order valence-electron chi connectivity index (χ0n) is 10.4. The van der Waals surface area contributed by atoms with E-state index in [1.54, 1.807) is 18.3 Å². The maximum absolute atomic E-state index is 11.4. The van der Waals surface area contributed by atoms with E-state index in [0.717, 1.165) is 12.2 Å². The van der Waals surface area contributed by atoms with Crippen molar-refractivity contribution < 1.29 is 0 Å². The maximum atomic E-state index is 11.4. The lowest BCUT2D eigenvalue weighted by Gasteiger charge is -2.05. The van der Waals surface area contributed by atoms with Crippen molar-refractivity contribution >= 4 is 11.5 Å². The standard InChI is InChI=1S/C11H13N7O/c1-17-7-6-13-9(17)4-5-12-8-2-3-10-14-15-11(19)18(10)16-8/h2-3,6-7H,4-5H2,1H3,(H,12,16)(H,15,19). The van der Waals surface area contributed by atoms with Gasteiger partial charge in [-0.25, -0.2) is 14.9 Å². The second kappa shape index (κ2) is 4.56. The Hall–Kier alpha value is -2.64. The van der Waals surface area contributed by atoms with Gasteiger partial charge in [0.15, 0.2) is 5.65 Å². The minimum absolute atomic E-state index is 0.345. The Labute approximate surface area is 108 Å². The molecule has 0 spiro atoms. The van der Waals surface area contributed by atoms with E-state index in [1.165, 1.54) is 4.52 Å². The first-order chi connectivity index (χ1) is 9.24. The summed E-state index contributed by atoms with van der Waals surface area (Å²) in [7, 11) is 1.96. The highest BCUT2D eigenvalue weighted by atomic mass is 16.2. The number of aromatic nitrogens is 6. The van der Waals surface area contributed by atoms with Gasteiger partial charge in [-0.2, -0.15) is 9.61 Å². The summed E-state index contributed by atoms with van der Waals surface area (Å²) >= 11 is 0. The largest absolute Gasteiger partial charge is 0.368 e. The molecular formula is C11H13N7O. The van der Waals surface area contributed by atoms with Gasteiger partial charge in [0.25, 0.3) is 0 Å². The third-order valence-corrected chi connectivity index (χ3v) is 2.85. The van der Waals surface area contributed by atoms with Crippen molar-refractivity contribution in [1.29, 1.82) is 0 Å². The number of hydrogen-bond acceptors (Lipinski definition) is 5. The van der Waals surface area contributed by atoms with Crippen LogP contribution in [-0.4, -0.2) is 35.9 Å². The summed E-state index contributed by atoms with van der Waals surface area (Å²) in [5.41, 5.74) is 0.155. The number of nitrogens with zero attached hydrogens (tertiary/aromatic N) is 5. The molecular weight excluding hydrogens is 246 g/mol. The van der Waals surface area contributed by atoms with Gasteiger partial charge in [0.05, 0.1) is 0 Å². The topological polar surface area (TPSA) is 92.9 Å². The average Bonchev–Trinajstić information content (AvgIpc) is 2.98. The van der Waals surface area contributed by atoms with Gasteiger partial charge < -0.3 is 9.88 Å². The van der Waals surface area contributed by atoms with Crippen LogP contribution in [0.1, 0.15) is 5.82 Å². The Morgan fingerprint density at radius 3 is 3.11 bits per heavy atom. The monoisotopic (exact) mass is 259 g/mol. The van der Waals surface area contributed by atoms with Gasteiger partial charge in [0, 0.05) is 32.4 Å². The minimum atomic E-state index is -0.345. The number of aryl methyl sites for hydroxylation is 1. The Balaban J connectivity index is 1.70. The van der Waals surface area contributed by atoms with Crippen LogP contribution in [0.5, 0.6) is 0 Å². The highest BCUT2D eigenvalue weighted by Crippen LogP contribution is 2.03. The predicted octanol–water partition coefficient (Wildman–Crippen LogP) is -0.194. The molecule has 0 atom stereocenters. The lowest BCUT2D eigenvalue weighted by Crippen LogP contribution is -2.15. The minimum Gasteiger partial charge on any atom is -0.368 e. The molecule has 3 aromatic heterocycles. The molecule has 0 radical (unpaired) electrons. The predicted molar refractivity (Wildman–Crippen MR) is 69.0 cm³/mol. The molecule has 0 aliphatic carbocycles. The van der Waals surface area contributed by atoms with Crippen LogP contribution in [0.3, 0.4) is 0 Å². The van der Waals surface area contributed by atoms with E-state index in [4.69, 9.17) is 0 Å². The highest BCUT2D eigenvalue weighted by molar-refractivity contribution is 5.42. The number of nitrogens with one attached hydrogen (secondary N) is 2. The van der Waals surface area contributed by atoms with Crippen LogP contribution in [-0.2, 0) is 13.5 Å². The van der Waals surface area contributed by atoms with Crippen molar-refractivity contribution in [3.05, 3.63) is 40.8 Å². The van der Waals surface area contributed by atoms with Crippen LogP contribution < -0.4 is 11.0 Å². The first-order valence-corrected chi connectivity index (χ1v) is 5.88. The van der Waals surface area contributed by atoms with Crippen molar-refractivity contribution in [3.63, 3.8) is 0 Å². The van der Waals surface area contributed by atoms with Crippen LogP contribution >= 0.6 is 0 Å². The molecule has 8 nitrogen and oxygen atoms in total. The normalized spacial score (nSPS) is 11.0. The molecule has 19 heavy (non-hydrogen) atoms. The van der Waals surface area contributed by atoms with Gasteiger partial charge in [-0.15, -0.1) is 5.10 Å². The summed E-state index contributed by atoms with van der Waals surface area (Å²) in [5.74, 6) is 1.62. The van der Waals surface area contributed by atoms with Crippen molar-refractivity contribution in [2.45, 2.75) is 6.42 Å². The molecule has 3 rings (SSSR count). The number of anilines is 1. The summed E-state index contributed by atoms with van der Waals surface area (Å²) in [6.07, 6.45) is 4.46. The van der Waals surface area contributed by atoms with Crippen molar-refractivity contribution in [2.24, 2.45) is 7.05 Å². The smallest absolute Gasteiger partial charge is 0.364 e. The van der Waals surface area contributed by atoms with Gasteiger partial charge in [-0.3, -0.25) is 0 Å². The van der Waals surface area contributed by atoms with E-state index in [-0.39, 0.29) is 5.69 Å². The van der Waals surface area contributed by atoms with Crippen LogP contribution in [0.15, 0.2) is 29.3 Å². The second-order valence-corrected chi connectivity index (χ2v) is 4.15. The zero-order valence-corrected chi connectivity index (χ0v) is 10.4. The number of aromatic amines is 1. The molecule has 0 fully saturated rings. The third kappa shape index (κ3) is 2.19. The van der Waals surface area contributed by atoms with Crippen LogP contribution in [0.25, 0.3) is 5.65 Å². The van der Waals surface area contributed by atoms with E-state index in [9.17, 15) is 4.79 Å². The van der Waals surface area contributed by atoms with Gasteiger partial charge in [0.1, 0.15) is 11.6 Å². The average molecular weight is 259 g/mol. The van der Waals surface area contributed by atoms with E-state index in [2.05, 4.69) is 25.6 Å².